The fourth-order valence-corrected chi connectivity index (χ4v) is 0.870. The number of Topliss-reactive ketones (excluding diaryl/α,β-unsaturated/α-hetero) is 1. The molecular weight excluding hydrogens is 150 g/mol. The molecule has 0 aliphatic rings. The predicted octanol–water partition coefficient (Wildman–Crippen LogP) is 0.00990. The van der Waals surface area contributed by atoms with Gasteiger partial charge in [0.1, 0.15) is 0 Å². The Morgan fingerprint density at radius 3 is 2.10 bits per heavy atom. The molecule has 0 bridgehead atoms. The summed E-state index contributed by atoms with van der Waals surface area (Å²) in [4.78, 5) is 21.1. The van der Waals surface area contributed by atoms with Gasteiger partial charge in [-0.25, -0.2) is 0 Å². The first-order valence-electron chi connectivity index (χ1n) is 2.96. The molecule has 1 amide bonds. The lowest BCUT2D eigenvalue weighted by molar-refractivity contribution is -0.125. The van der Waals surface area contributed by atoms with Gasteiger partial charge in [0.15, 0.2) is 5.78 Å². The van der Waals surface area contributed by atoms with E-state index in [1.165, 1.54) is 13.8 Å². The number of hydrogen-bond acceptors (Lipinski definition) is 3. The second-order valence-electron chi connectivity index (χ2n) is 2.05. The van der Waals surface area contributed by atoms with Crippen LogP contribution in [0.15, 0.2) is 0 Å². The summed E-state index contributed by atoms with van der Waals surface area (Å²) in [5, 5.41) is 2.46. The van der Waals surface area contributed by atoms with Crippen molar-refractivity contribution in [3.05, 3.63) is 0 Å². The third-order valence-electron chi connectivity index (χ3n) is 1.05. The van der Waals surface area contributed by atoms with E-state index in [2.05, 4.69) is 17.9 Å². The Balaban J connectivity index is 3.83. The normalized spacial score (nSPS) is 12.3. The number of nitrogens with one attached hydrogen (secondary N) is 1. The van der Waals surface area contributed by atoms with Gasteiger partial charge in [-0.15, -0.1) is 0 Å². The third-order valence-corrected chi connectivity index (χ3v) is 1.42. The van der Waals surface area contributed by atoms with Gasteiger partial charge < -0.3 is 5.32 Å². The van der Waals surface area contributed by atoms with Gasteiger partial charge in [-0.1, -0.05) is 0 Å². The lowest BCUT2D eigenvalue weighted by Crippen LogP contribution is -2.39. The van der Waals surface area contributed by atoms with Gasteiger partial charge in [-0.3, -0.25) is 9.59 Å². The molecule has 3 nitrogen and oxygen atoms in total. The molecule has 0 aromatic rings. The summed E-state index contributed by atoms with van der Waals surface area (Å²) in [6.45, 7) is 2.80. The van der Waals surface area contributed by atoms with E-state index in [1.807, 2.05) is 0 Å². The van der Waals surface area contributed by atoms with Crippen molar-refractivity contribution in [3.63, 3.8) is 0 Å². The summed E-state index contributed by atoms with van der Waals surface area (Å²) in [6.07, 6.45) is 0. The SMILES string of the molecule is CC(=O)N[C@H](CS)C(C)=O. The standard InChI is InChI=1S/C6H11NO2S/c1-4(8)6(3-10)7-5(2)9/h6,10H,3H2,1-2H3,(H,7,9)/t6-/m1/s1. The minimum absolute atomic E-state index is 0.0646. The summed E-state index contributed by atoms with van der Waals surface area (Å²) in [5.41, 5.74) is 0. The Morgan fingerprint density at radius 1 is 1.50 bits per heavy atom. The van der Waals surface area contributed by atoms with E-state index in [4.69, 9.17) is 0 Å². The molecule has 0 aromatic heterocycles. The number of ketones is 1. The van der Waals surface area contributed by atoms with E-state index in [9.17, 15) is 9.59 Å². The molecule has 1 N–H and O–H groups in total. The molecule has 0 saturated heterocycles. The minimum Gasteiger partial charge on any atom is -0.346 e. The van der Waals surface area contributed by atoms with Gasteiger partial charge in [-0.05, 0) is 6.92 Å². The van der Waals surface area contributed by atoms with Crippen LogP contribution in [0.3, 0.4) is 0 Å². The smallest absolute Gasteiger partial charge is 0.217 e. The number of carbonyl (C=O) groups excluding carboxylic acids is 2. The third kappa shape index (κ3) is 3.50. The second-order valence-corrected chi connectivity index (χ2v) is 2.41. The van der Waals surface area contributed by atoms with Gasteiger partial charge in [0.05, 0.1) is 6.04 Å². The van der Waals surface area contributed by atoms with Crippen LogP contribution in [-0.2, 0) is 9.59 Å². The van der Waals surface area contributed by atoms with Crippen LogP contribution >= 0.6 is 12.6 Å². The Hall–Kier alpha value is -0.510. The number of hydrogen-bond donors (Lipinski definition) is 2. The summed E-state index contributed by atoms with van der Waals surface area (Å²) in [6, 6.07) is -0.430. The molecule has 1 atom stereocenters. The van der Waals surface area contributed by atoms with E-state index < -0.39 is 6.04 Å². The fourth-order valence-electron chi connectivity index (χ4n) is 0.521. The minimum atomic E-state index is -0.430. The molecular formula is C6H11NO2S. The molecule has 0 aliphatic heterocycles. The Bertz CT molecular complexity index is 147. The first-order chi connectivity index (χ1) is 4.57. The van der Waals surface area contributed by atoms with Gasteiger partial charge in [-0.2, -0.15) is 12.6 Å². The van der Waals surface area contributed by atoms with Crippen LogP contribution in [0.4, 0.5) is 0 Å². The molecule has 0 aromatic carbocycles. The lowest BCUT2D eigenvalue weighted by Gasteiger charge is -2.10. The zero-order valence-electron chi connectivity index (χ0n) is 6.05. The Labute approximate surface area is 65.6 Å². The molecule has 58 valence electrons. The van der Waals surface area contributed by atoms with Gasteiger partial charge in [0.2, 0.25) is 5.91 Å². The first kappa shape index (κ1) is 9.49. The second kappa shape index (κ2) is 4.33. The van der Waals surface area contributed by atoms with E-state index >= 15 is 0 Å². The Morgan fingerprint density at radius 2 is 2.00 bits per heavy atom. The first-order valence-corrected chi connectivity index (χ1v) is 3.59. The molecule has 0 saturated carbocycles. The van der Waals surface area contributed by atoms with Crippen molar-refractivity contribution in [2.75, 3.05) is 5.75 Å². The highest BCUT2D eigenvalue weighted by Gasteiger charge is 2.11. The van der Waals surface area contributed by atoms with Crippen molar-refractivity contribution in [1.29, 1.82) is 0 Å². The molecule has 0 rings (SSSR count). The Kier molecular flexibility index (Phi) is 4.11. The van der Waals surface area contributed by atoms with Gasteiger partial charge >= 0.3 is 0 Å². The van der Waals surface area contributed by atoms with Crippen LogP contribution in [-0.4, -0.2) is 23.5 Å². The zero-order valence-corrected chi connectivity index (χ0v) is 6.94. The highest BCUT2D eigenvalue weighted by atomic mass is 32.1. The largest absolute Gasteiger partial charge is 0.346 e. The molecule has 0 aliphatic carbocycles. The van der Waals surface area contributed by atoms with Crippen LogP contribution in [0.1, 0.15) is 13.8 Å². The lowest BCUT2D eigenvalue weighted by atomic mass is 10.2. The van der Waals surface area contributed by atoms with E-state index in [1.54, 1.807) is 0 Å². The average molecular weight is 161 g/mol. The van der Waals surface area contributed by atoms with Gasteiger partial charge in [0, 0.05) is 12.7 Å². The van der Waals surface area contributed by atoms with Crippen molar-refractivity contribution in [1.82, 2.24) is 5.32 Å². The number of carbonyl (C=O) groups is 2. The van der Waals surface area contributed by atoms with E-state index in [0.29, 0.717) is 5.75 Å². The van der Waals surface area contributed by atoms with Gasteiger partial charge in [0.25, 0.3) is 0 Å². The summed E-state index contributed by atoms with van der Waals surface area (Å²) < 4.78 is 0. The zero-order chi connectivity index (χ0) is 8.15. The summed E-state index contributed by atoms with van der Waals surface area (Å²) in [7, 11) is 0. The molecule has 4 heteroatoms. The monoisotopic (exact) mass is 161 g/mol. The van der Waals surface area contributed by atoms with Crippen LogP contribution in [0.25, 0.3) is 0 Å². The van der Waals surface area contributed by atoms with E-state index in [-0.39, 0.29) is 11.7 Å². The van der Waals surface area contributed by atoms with Crippen molar-refractivity contribution in [2.24, 2.45) is 0 Å². The maximum atomic E-state index is 10.6. The van der Waals surface area contributed by atoms with Crippen LogP contribution in [0.2, 0.25) is 0 Å². The fraction of sp³-hybridized carbons (Fsp3) is 0.667. The van der Waals surface area contributed by atoms with E-state index in [0.717, 1.165) is 0 Å². The molecule has 0 heterocycles. The number of rotatable bonds is 3. The summed E-state index contributed by atoms with van der Waals surface area (Å²) in [5.74, 6) is 0.0917. The summed E-state index contributed by atoms with van der Waals surface area (Å²) >= 11 is 3.89. The maximum absolute atomic E-state index is 10.6. The maximum Gasteiger partial charge on any atom is 0.217 e. The van der Waals surface area contributed by atoms with Crippen LogP contribution in [0, 0.1) is 0 Å². The number of thiol groups is 1. The molecule has 0 spiro atoms. The average Bonchev–Trinajstić information content (AvgIpc) is 1.81. The molecule has 0 radical (unpaired) electrons. The predicted molar refractivity (Wildman–Crippen MR) is 42.1 cm³/mol. The van der Waals surface area contributed by atoms with Crippen molar-refractivity contribution >= 4 is 24.3 Å². The highest BCUT2D eigenvalue weighted by molar-refractivity contribution is 7.80. The quantitative estimate of drug-likeness (QED) is 0.573. The van der Waals surface area contributed by atoms with Crippen molar-refractivity contribution in [2.45, 2.75) is 19.9 Å². The van der Waals surface area contributed by atoms with Crippen LogP contribution in [0.5, 0.6) is 0 Å². The molecule has 0 fully saturated rings. The van der Waals surface area contributed by atoms with Crippen molar-refractivity contribution in [3.8, 4) is 0 Å². The van der Waals surface area contributed by atoms with Crippen molar-refractivity contribution < 1.29 is 9.59 Å². The molecule has 10 heavy (non-hydrogen) atoms. The molecule has 0 unspecified atom stereocenters. The highest BCUT2D eigenvalue weighted by Crippen LogP contribution is 1.88. The topological polar surface area (TPSA) is 46.2 Å². The van der Waals surface area contributed by atoms with Crippen LogP contribution < -0.4 is 5.32 Å². The number of amides is 1.